The minimum absolute atomic E-state index is 0.251. The maximum Gasteiger partial charge on any atom is 0.189 e. The average Bonchev–Trinajstić information content (AvgIpc) is 3.29. The molecule has 0 radical (unpaired) electrons. The molecule has 5 nitrogen and oxygen atoms in total. The summed E-state index contributed by atoms with van der Waals surface area (Å²) in [5.41, 5.74) is -0.649. The topological polar surface area (TPSA) is 68.4 Å². The molecule has 0 N–H and O–H groups in total. The van der Waals surface area contributed by atoms with E-state index in [4.69, 9.17) is 14.2 Å². The largest absolute Gasteiger partial charge is 0.367 e. The molecule has 2 heterocycles. The van der Waals surface area contributed by atoms with Gasteiger partial charge in [-0.2, -0.15) is 0 Å². The van der Waals surface area contributed by atoms with Gasteiger partial charge in [0.2, 0.25) is 0 Å². The maximum atomic E-state index is 12.3. The Morgan fingerprint density at radius 2 is 1.24 bits per heavy atom. The molecular formula is C16H22O5. The normalized spacial score (nSPS) is 33.0. The van der Waals surface area contributed by atoms with Crippen molar-refractivity contribution in [2.24, 2.45) is 0 Å². The highest BCUT2D eigenvalue weighted by molar-refractivity contribution is 6.01. The van der Waals surface area contributed by atoms with Crippen molar-refractivity contribution in [2.75, 3.05) is 13.2 Å². The number of rotatable bonds is 8. The molecule has 0 aliphatic carbocycles. The second kappa shape index (κ2) is 5.16. The van der Waals surface area contributed by atoms with E-state index in [1.807, 2.05) is 0 Å². The minimum Gasteiger partial charge on any atom is -0.367 e. The average molecular weight is 294 g/mol. The summed E-state index contributed by atoms with van der Waals surface area (Å²) in [5.74, 6) is -0.502. The van der Waals surface area contributed by atoms with Crippen LogP contribution in [0.25, 0.3) is 0 Å². The van der Waals surface area contributed by atoms with Crippen molar-refractivity contribution >= 4 is 11.6 Å². The molecule has 0 bridgehead atoms. The van der Waals surface area contributed by atoms with Crippen LogP contribution in [0.4, 0.5) is 0 Å². The second-order valence-electron chi connectivity index (χ2n) is 6.39. The lowest BCUT2D eigenvalue weighted by molar-refractivity contribution is -0.149. The lowest BCUT2D eigenvalue weighted by Crippen LogP contribution is -2.48. The fraction of sp³-hybridized carbons (Fsp3) is 0.625. The molecule has 2 saturated heterocycles. The Kier molecular flexibility index (Phi) is 3.95. The molecule has 0 spiro atoms. The smallest absolute Gasteiger partial charge is 0.189 e. The van der Waals surface area contributed by atoms with Crippen LogP contribution in [0.1, 0.15) is 27.7 Å². The standard InChI is InChI=1S/C16H22O5/c1-9(2)11(17)13(15(5)7-19-15)21-14(12(18)10(3)4)16(6)8-20-16/h13-14H,1,3,7-8H2,2,4-6H3. The molecule has 0 aromatic heterocycles. The van der Waals surface area contributed by atoms with Gasteiger partial charge in [-0.1, -0.05) is 13.2 Å². The number of ether oxygens (including phenoxy) is 3. The molecule has 0 aromatic rings. The highest BCUT2D eigenvalue weighted by atomic mass is 16.7. The molecule has 5 heteroatoms. The first kappa shape index (κ1) is 16.1. The van der Waals surface area contributed by atoms with Crippen LogP contribution in [0.5, 0.6) is 0 Å². The van der Waals surface area contributed by atoms with Crippen LogP contribution in [0.3, 0.4) is 0 Å². The molecule has 4 atom stereocenters. The van der Waals surface area contributed by atoms with Gasteiger partial charge in [0.1, 0.15) is 11.2 Å². The van der Waals surface area contributed by atoms with E-state index in [-0.39, 0.29) is 11.6 Å². The van der Waals surface area contributed by atoms with Gasteiger partial charge in [-0.15, -0.1) is 0 Å². The molecule has 21 heavy (non-hydrogen) atoms. The molecule has 2 rings (SSSR count). The Hall–Kier alpha value is -1.30. The number of hydrogen-bond acceptors (Lipinski definition) is 5. The summed E-state index contributed by atoms with van der Waals surface area (Å²) in [6, 6.07) is 0. The van der Waals surface area contributed by atoms with E-state index in [2.05, 4.69) is 13.2 Å². The Labute approximate surface area is 124 Å². The van der Waals surface area contributed by atoms with E-state index >= 15 is 0 Å². The Balaban J connectivity index is 2.24. The van der Waals surface area contributed by atoms with Crippen molar-refractivity contribution in [1.82, 2.24) is 0 Å². The minimum atomic E-state index is -0.857. The van der Waals surface area contributed by atoms with Gasteiger partial charge in [-0.3, -0.25) is 9.59 Å². The lowest BCUT2D eigenvalue weighted by Gasteiger charge is -2.28. The van der Waals surface area contributed by atoms with E-state index in [1.165, 1.54) is 0 Å². The third-order valence-corrected chi connectivity index (χ3v) is 3.90. The summed E-state index contributed by atoms with van der Waals surface area (Å²) < 4.78 is 16.6. The van der Waals surface area contributed by atoms with Crippen molar-refractivity contribution < 1.29 is 23.8 Å². The van der Waals surface area contributed by atoms with Gasteiger partial charge in [0, 0.05) is 0 Å². The van der Waals surface area contributed by atoms with Crippen molar-refractivity contribution in [1.29, 1.82) is 0 Å². The SMILES string of the molecule is C=C(C)C(=O)C(OC(C(=O)C(=C)C)C1(C)CO1)C1(C)CO1. The van der Waals surface area contributed by atoms with Gasteiger partial charge < -0.3 is 14.2 Å². The molecule has 2 aliphatic heterocycles. The highest BCUT2D eigenvalue weighted by Crippen LogP contribution is 2.39. The maximum absolute atomic E-state index is 12.3. The van der Waals surface area contributed by atoms with Crippen molar-refractivity contribution in [3.05, 3.63) is 24.3 Å². The highest BCUT2D eigenvalue weighted by Gasteiger charge is 2.58. The molecule has 4 unspecified atom stereocenters. The van der Waals surface area contributed by atoms with E-state index in [0.29, 0.717) is 24.4 Å². The Morgan fingerprint density at radius 1 is 0.952 bits per heavy atom. The second-order valence-corrected chi connectivity index (χ2v) is 6.39. The molecule has 0 saturated carbocycles. The van der Waals surface area contributed by atoms with Gasteiger partial charge in [0.05, 0.1) is 13.2 Å². The zero-order valence-electron chi connectivity index (χ0n) is 13.0. The van der Waals surface area contributed by atoms with Crippen LogP contribution in [-0.2, 0) is 23.8 Å². The van der Waals surface area contributed by atoms with Gasteiger partial charge in [-0.25, -0.2) is 0 Å². The van der Waals surface area contributed by atoms with Crippen LogP contribution in [-0.4, -0.2) is 48.2 Å². The third kappa shape index (κ3) is 3.15. The third-order valence-electron chi connectivity index (χ3n) is 3.90. The van der Waals surface area contributed by atoms with Crippen molar-refractivity contribution in [3.8, 4) is 0 Å². The fourth-order valence-electron chi connectivity index (χ4n) is 2.08. The summed E-state index contributed by atoms with van der Waals surface area (Å²) in [5, 5.41) is 0. The number of carbonyl (C=O) groups excluding carboxylic acids is 2. The van der Waals surface area contributed by atoms with Crippen LogP contribution < -0.4 is 0 Å². The van der Waals surface area contributed by atoms with E-state index in [9.17, 15) is 9.59 Å². The fourth-order valence-corrected chi connectivity index (χ4v) is 2.08. The zero-order valence-corrected chi connectivity index (χ0v) is 13.0. The summed E-state index contributed by atoms with van der Waals surface area (Å²) in [6.07, 6.45) is -1.71. The number of epoxide rings is 2. The summed E-state index contributed by atoms with van der Waals surface area (Å²) in [4.78, 5) is 24.7. The van der Waals surface area contributed by atoms with Gasteiger partial charge in [0.15, 0.2) is 23.8 Å². The van der Waals surface area contributed by atoms with E-state index < -0.39 is 23.4 Å². The number of hydrogen-bond donors (Lipinski definition) is 0. The first-order valence-corrected chi connectivity index (χ1v) is 6.93. The van der Waals surface area contributed by atoms with Gasteiger partial charge >= 0.3 is 0 Å². The van der Waals surface area contributed by atoms with Crippen molar-refractivity contribution in [2.45, 2.75) is 51.1 Å². The zero-order chi connectivity index (χ0) is 16.0. The lowest BCUT2D eigenvalue weighted by atomic mass is 9.94. The number of carbonyl (C=O) groups is 2. The summed E-state index contributed by atoms with van der Waals surface area (Å²) in [7, 11) is 0. The van der Waals surface area contributed by atoms with Gasteiger partial charge in [0.25, 0.3) is 0 Å². The number of Topliss-reactive ketones (excluding diaryl/α,β-unsaturated/α-hetero) is 2. The molecule has 116 valence electrons. The molecule has 2 aliphatic rings. The first-order chi connectivity index (χ1) is 9.61. The first-order valence-electron chi connectivity index (χ1n) is 6.93. The van der Waals surface area contributed by atoms with Crippen LogP contribution in [0, 0.1) is 0 Å². The predicted octanol–water partition coefficient (Wildman–Crippen LogP) is 1.61. The van der Waals surface area contributed by atoms with Crippen LogP contribution in [0.2, 0.25) is 0 Å². The predicted molar refractivity (Wildman–Crippen MR) is 77.0 cm³/mol. The molecule has 0 aromatic carbocycles. The molecule has 2 fully saturated rings. The summed E-state index contributed by atoms with van der Waals surface area (Å²) >= 11 is 0. The quantitative estimate of drug-likeness (QED) is 0.502. The van der Waals surface area contributed by atoms with Crippen LogP contribution >= 0.6 is 0 Å². The molecule has 0 amide bonds. The molecular weight excluding hydrogens is 272 g/mol. The Bertz CT molecular complexity index is 465. The van der Waals surface area contributed by atoms with Gasteiger partial charge in [-0.05, 0) is 38.8 Å². The van der Waals surface area contributed by atoms with E-state index in [0.717, 1.165) is 0 Å². The number of ketones is 2. The Morgan fingerprint density at radius 3 is 1.43 bits per heavy atom. The monoisotopic (exact) mass is 294 g/mol. The summed E-state index contributed by atoms with van der Waals surface area (Å²) in [6.45, 7) is 15.0. The van der Waals surface area contributed by atoms with E-state index in [1.54, 1.807) is 27.7 Å². The van der Waals surface area contributed by atoms with Crippen LogP contribution in [0.15, 0.2) is 24.3 Å². The van der Waals surface area contributed by atoms with Crippen molar-refractivity contribution in [3.63, 3.8) is 0 Å².